The highest BCUT2D eigenvalue weighted by molar-refractivity contribution is 4.74. The van der Waals surface area contributed by atoms with Gasteiger partial charge in [0, 0.05) is 13.5 Å². The molecule has 0 amide bonds. The fraction of sp³-hybridized carbons (Fsp3) is 1.00. The van der Waals surface area contributed by atoms with Crippen molar-refractivity contribution in [2.75, 3.05) is 7.11 Å². The third-order valence-corrected chi connectivity index (χ3v) is 2.83. The van der Waals surface area contributed by atoms with E-state index in [-0.39, 0.29) is 6.29 Å². The lowest BCUT2D eigenvalue weighted by Crippen LogP contribution is -2.37. The van der Waals surface area contributed by atoms with Gasteiger partial charge >= 0.3 is 0 Å². The summed E-state index contributed by atoms with van der Waals surface area (Å²) in [4.78, 5) is 0. The number of ether oxygens (including phenoxy) is 2. The third-order valence-electron chi connectivity index (χ3n) is 2.83. The van der Waals surface area contributed by atoms with Crippen molar-refractivity contribution in [3.8, 4) is 0 Å². The molecule has 2 unspecified atom stereocenters. The van der Waals surface area contributed by atoms with Crippen molar-refractivity contribution >= 4 is 0 Å². The molecule has 1 aliphatic rings. The van der Waals surface area contributed by atoms with E-state index < -0.39 is 0 Å². The van der Waals surface area contributed by atoms with Crippen molar-refractivity contribution in [1.82, 2.24) is 0 Å². The van der Waals surface area contributed by atoms with Crippen molar-refractivity contribution in [2.24, 2.45) is 11.8 Å². The maximum atomic E-state index is 5.60. The second kappa shape index (κ2) is 3.55. The summed E-state index contributed by atoms with van der Waals surface area (Å²) in [6, 6.07) is 0. The number of rotatable bonds is 1. The van der Waals surface area contributed by atoms with Crippen LogP contribution in [0.3, 0.4) is 0 Å². The molecular formula is C9H18O2. The van der Waals surface area contributed by atoms with E-state index in [2.05, 4.69) is 20.8 Å². The van der Waals surface area contributed by atoms with Crippen LogP contribution >= 0.6 is 0 Å². The van der Waals surface area contributed by atoms with E-state index in [0.717, 1.165) is 6.42 Å². The molecule has 2 nitrogen and oxygen atoms in total. The summed E-state index contributed by atoms with van der Waals surface area (Å²) >= 11 is 0. The Kier molecular flexibility index (Phi) is 2.90. The first kappa shape index (κ1) is 9.01. The molecule has 0 radical (unpaired) electrons. The Morgan fingerprint density at radius 3 is 2.36 bits per heavy atom. The summed E-state index contributed by atoms with van der Waals surface area (Å²) in [6.07, 6.45) is 1.39. The van der Waals surface area contributed by atoms with E-state index in [0.29, 0.717) is 17.9 Å². The molecule has 1 aliphatic heterocycles. The van der Waals surface area contributed by atoms with Gasteiger partial charge in [0.2, 0.25) is 0 Å². The standard InChI is InChI=1S/C9H18O2/c1-6-5-9(10-4)11-8(3)7(6)2/h6-9H,5H2,1-4H3/t6?,7-,8?,9-/m1/s1. The minimum absolute atomic E-state index is 0.0243. The van der Waals surface area contributed by atoms with Crippen LogP contribution in [0.1, 0.15) is 27.2 Å². The van der Waals surface area contributed by atoms with Crippen molar-refractivity contribution in [2.45, 2.75) is 39.6 Å². The second-order valence-corrected chi connectivity index (χ2v) is 3.58. The Bertz CT molecular complexity index is 113. The third kappa shape index (κ3) is 1.94. The van der Waals surface area contributed by atoms with Crippen molar-refractivity contribution in [1.29, 1.82) is 0 Å². The average molecular weight is 158 g/mol. The van der Waals surface area contributed by atoms with Gasteiger partial charge in [-0.25, -0.2) is 0 Å². The number of methoxy groups -OCH3 is 1. The van der Waals surface area contributed by atoms with E-state index in [1.54, 1.807) is 7.11 Å². The van der Waals surface area contributed by atoms with Crippen LogP contribution in [0.15, 0.2) is 0 Å². The molecule has 1 rings (SSSR count). The van der Waals surface area contributed by atoms with E-state index in [4.69, 9.17) is 9.47 Å². The maximum absolute atomic E-state index is 5.60. The van der Waals surface area contributed by atoms with Gasteiger partial charge in [-0.3, -0.25) is 0 Å². The minimum Gasteiger partial charge on any atom is -0.356 e. The van der Waals surface area contributed by atoms with Crippen molar-refractivity contribution in [3.63, 3.8) is 0 Å². The zero-order chi connectivity index (χ0) is 8.43. The van der Waals surface area contributed by atoms with Gasteiger partial charge in [0.1, 0.15) is 0 Å². The fourth-order valence-corrected chi connectivity index (χ4v) is 1.55. The van der Waals surface area contributed by atoms with Crippen molar-refractivity contribution < 1.29 is 9.47 Å². The Morgan fingerprint density at radius 1 is 1.27 bits per heavy atom. The van der Waals surface area contributed by atoms with E-state index >= 15 is 0 Å². The predicted molar refractivity (Wildman–Crippen MR) is 44.3 cm³/mol. The molecule has 0 aromatic heterocycles. The summed E-state index contributed by atoms with van der Waals surface area (Å²) in [5.74, 6) is 1.37. The zero-order valence-corrected chi connectivity index (χ0v) is 7.83. The molecule has 4 atom stereocenters. The Labute approximate surface area is 68.9 Å². The zero-order valence-electron chi connectivity index (χ0n) is 7.83. The van der Waals surface area contributed by atoms with Gasteiger partial charge in [-0.2, -0.15) is 0 Å². The second-order valence-electron chi connectivity index (χ2n) is 3.58. The minimum atomic E-state index is 0.0243. The summed E-state index contributed by atoms with van der Waals surface area (Å²) in [7, 11) is 1.71. The fourth-order valence-electron chi connectivity index (χ4n) is 1.55. The SMILES string of the molecule is CO[C@H]1CC(C)[C@@H](C)C(C)O1. The molecule has 0 spiro atoms. The molecule has 0 N–H and O–H groups in total. The molecule has 11 heavy (non-hydrogen) atoms. The molecule has 0 aromatic rings. The Hall–Kier alpha value is -0.0800. The van der Waals surface area contributed by atoms with Gasteiger partial charge in [0.25, 0.3) is 0 Å². The first-order chi connectivity index (χ1) is 5.15. The molecule has 0 bridgehead atoms. The summed E-state index contributed by atoms with van der Waals surface area (Å²) in [5.41, 5.74) is 0. The Balaban J connectivity index is 2.47. The molecule has 1 fully saturated rings. The lowest BCUT2D eigenvalue weighted by atomic mass is 9.86. The van der Waals surface area contributed by atoms with Gasteiger partial charge < -0.3 is 9.47 Å². The first-order valence-corrected chi connectivity index (χ1v) is 4.33. The van der Waals surface area contributed by atoms with E-state index in [1.807, 2.05) is 0 Å². The molecular weight excluding hydrogens is 140 g/mol. The summed E-state index contributed by atoms with van der Waals surface area (Å²) < 4.78 is 10.8. The van der Waals surface area contributed by atoms with Crippen LogP contribution in [-0.4, -0.2) is 19.5 Å². The predicted octanol–water partition coefficient (Wildman–Crippen LogP) is 2.04. The first-order valence-electron chi connectivity index (χ1n) is 4.33. The van der Waals surface area contributed by atoms with Gasteiger partial charge in [-0.05, 0) is 18.8 Å². The molecule has 1 saturated heterocycles. The lowest BCUT2D eigenvalue weighted by Gasteiger charge is -2.36. The monoisotopic (exact) mass is 158 g/mol. The van der Waals surface area contributed by atoms with Crippen LogP contribution in [0.5, 0.6) is 0 Å². The summed E-state index contributed by atoms with van der Waals surface area (Å²) in [6.45, 7) is 6.61. The lowest BCUT2D eigenvalue weighted by molar-refractivity contribution is -0.203. The highest BCUT2D eigenvalue weighted by Crippen LogP contribution is 2.29. The highest BCUT2D eigenvalue weighted by atomic mass is 16.7. The van der Waals surface area contributed by atoms with Gasteiger partial charge in [0.15, 0.2) is 6.29 Å². The van der Waals surface area contributed by atoms with Crippen LogP contribution in [0.2, 0.25) is 0 Å². The number of hydrogen-bond donors (Lipinski definition) is 0. The quantitative estimate of drug-likeness (QED) is 0.581. The van der Waals surface area contributed by atoms with Gasteiger partial charge in [-0.15, -0.1) is 0 Å². The normalized spacial score (nSPS) is 45.8. The van der Waals surface area contributed by atoms with E-state index in [9.17, 15) is 0 Å². The maximum Gasteiger partial charge on any atom is 0.157 e. The average Bonchev–Trinajstić information content (AvgIpc) is 1.99. The van der Waals surface area contributed by atoms with Crippen LogP contribution in [0.25, 0.3) is 0 Å². The Morgan fingerprint density at radius 2 is 1.91 bits per heavy atom. The molecule has 2 heteroatoms. The molecule has 0 aromatic carbocycles. The number of hydrogen-bond acceptors (Lipinski definition) is 2. The summed E-state index contributed by atoms with van der Waals surface area (Å²) in [5, 5.41) is 0. The molecule has 66 valence electrons. The molecule has 0 aliphatic carbocycles. The smallest absolute Gasteiger partial charge is 0.157 e. The van der Waals surface area contributed by atoms with Gasteiger partial charge in [-0.1, -0.05) is 13.8 Å². The van der Waals surface area contributed by atoms with Crippen LogP contribution in [0, 0.1) is 11.8 Å². The topological polar surface area (TPSA) is 18.5 Å². The molecule has 1 heterocycles. The van der Waals surface area contributed by atoms with Crippen molar-refractivity contribution in [3.05, 3.63) is 0 Å². The highest BCUT2D eigenvalue weighted by Gasteiger charge is 2.30. The van der Waals surface area contributed by atoms with E-state index in [1.165, 1.54) is 0 Å². The van der Waals surface area contributed by atoms with Crippen LogP contribution in [0.4, 0.5) is 0 Å². The van der Waals surface area contributed by atoms with Crippen LogP contribution < -0.4 is 0 Å². The molecule has 0 saturated carbocycles. The van der Waals surface area contributed by atoms with Crippen LogP contribution in [-0.2, 0) is 9.47 Å². The largest absolute Gasteiger partial charge is 0.356 e. The van der Waals surface area contributed by atoms with Gasteiger partial charge in [0.05, 0.1) is 6.10 Å².